The number of anilines is 2. The van der Waals surface area contributed by atoms with Crippen LogP contribution >= 0.6 is 0 Å². The first kappa shape index (κ1) is 43.1. The van der Waals surface area contributed by atoms with E-state index < -0.39 is 11.9 Å². The van der Waals surface area contributed by atoms with Gasteiger partial charge >= 0.3 is 0 Å². The Balaban J connectivity index is 0.000000166. The van der Waals surface area contributed by atoms with Crippen LogP contribution in [-0.4, -0.2) is 75.9 Å². The smallest absolute Gasteiger partial charge is 0.255 e. The zero-order chi connectivity index (χ0) is 41.6. The molecule has 2 aliphatic heterocycles. The molecule has 2 aliphatic carbocycles. The van der Waals surface area contributed by atoms with Crippen LogP contribution in [0.5, 0.6) is 0 Å². The van der Waals surface area contributed by atoms with Gasteiger partial charge in [0.1, 0.15) is 17.6 Å². The maximum Gasteiger partial charge on any atom is 0.255 e. The molecule has 4 heterocycles. The molecule has 12 nitrogen and oxygen atoms in total. The first-order chi connectivity index (χ1) is 28.7. The van der Waals surface area contributed by atoms with Gasteiger partial charge in [0.25, 0.3) is 5.56 Å². The predicted molar refractivity (Wildman–Crippen MR) is 225 cm³/mol. The zero-order valence-electron chi connectivity index (χ0n) is 33.8. The number of benzene rings is 2. The SMILES string of the molecule is CN1CCC(c2ccc(NC3CCC(=O)NC3=O)cc2F)CC1.O=CNC1CCCCC1.O=c1ccccn1-c1cccc(-c2nc(NC3CCCCC3)ncc2F)c1. The number of nitrogens with zero attached hydrogens (tertiary/aromatic N) is 4. The fourth-order valence-corrected chi connectivity index (χ4v) is 8.18. The normalized spacial score (nSPS) is 19.3. The molecule has 4 aromatic rings. The highest BCUT2D eigenvalue weighted by atomic mass is 19.1. The summed E-state index contributed by atoms with van der Waals surface area (Å²) in [6.45, 7) is 1.97. The van der Waals surface area contributed by atoms with Gasteiger partial charge in [0, 0.05) is 47.7 Å². The second kappa shape index (κ2) is 21.5. The summed E-state index contributed by atoms with van der Waals surface area (Å²) in [5, 5.41) is 11.4. The molecule has 2 aromatic carbocycles. The topological polar surface area (TPSA) is 150 Å². The Hall–Kier alpha value is -5.50. The lowest BCUT2D eigenvalue weighted by atomic mass is 9.89. The molecule has 1 unspecified atom stereocenters. The van der Waals surface area contributed by atoms with Crippen molar-refractivity contribution < 1.29 is 23.2 Å². The van der Waals surface area contributed by atoms with E-state index in [0.717, 1.165) is 50.7 Å². The highest BCUT2D eigenvalue weighted by Gasteiger charge is 2.27. The van der Waals surface area contributed by atoms with Gasteiger partial charge in [-0.2, -0.15) is 0 Å². The van der Waals surface area contributed by atoms with E-state index in [-0.39, 0.29) is 34.8 Å². The Morgan fingerprint density at radius 1 is 0.780 bits per heavy atom. The minimum Gasteiger partial charge on any atom is -0.374 e. The van der Waals surface area contributed by atoms with Gasteiger partial charge in [-0.3, -0.25) is 29.1 Å². The Morgan fingerprint density at radius 3 is 2.19 bits per heavy atom. The van der Waals surface area contributed by atoms with Crippen LogP contribution in [0.25, 0.3) is 16.9 Å². The van der Waals surface area contributed by atoms with Crippen molar-refractivity contribution in [2.45, 2.75) is 114 Å². The minimum absolute atomic E-state index is 0.141. The quantitative estimate of drug-likeness (QED) is 0.103. The Kier molecular flexibility index (Phi) is 15.7. The van der Waals surface area contributed by atoms with Crippen LogP contribution < -0.4 is 26.8 Å². The summed E-state index contributed by atoms with van der Waals surface area (Å²) >= 11 is 0. The van der Waals surface area contributed by atoms with Crippen molar-refractivity contribution >= 4 is 29.9 Å². The lowest BCUT2D eigenvalue weighted by Gasteiger charge is -2.29. The molecule has 8 rings (SSSR count). The average molecular weight is 811 g/mol. The first-order valence-corrected chi connectivity index (χ1v) is 21.0. The summed E-state index contributed by atoms with van der Waals surface area (Å²) in [6.07, 6.45) is 18.5. The van der Waals surface area contributed by atoms with Gasteiger partial charge in [-0.05, 0) is 107 Å². The third-order valence-corrected chi connectivity index (χ3v) is 11.6. The molecule has 4 aliphatic rings. The second-order valence-corrected chi connectivity index (χ2v) is 15.9. The van der Waals surface area contributed by atoms with Crippen molar-refractivity contribution in [3.63, 3.8) is 0 Å². The van der Waals surface area contributed by atoms with Crippen LogP contribution in [-0.2, 0) is 14.4 Å². The van der Waals surface area contributed by atoms with Gasteiger partial charge in [-0.15, -0.1) is 0 Å². The number of hydrogen-bond donors (Lipinski definition) is 4. The minimum atomic E-state index is -0.485. The number of pyridine rings is 1. The Labute approximate surface area is 344 Å². The molecule has 3 amide bonds. The van der Waals surface area contributed by atoms with Crippen LogP contribution in [0, 0.1) is 11.6 Å². The maximum atomic E-state index is 14.4. The van der Waals surface area contributed by atoms with Crippen molar-refractivity contribution in [1.29, 1.82) is 0 Å². The van der Waals surface area contributed by atoms with Gasteiger partial charge in [0.2, 0.25) is 24.2 Å². The first-order valence-electron chi connectivity index (χ1n) is 21.0. The maximum absolute atomic E-state index is 14.4. The highest BCUT2D eigenvalue weighted by molar-refractivity contribution is 6.01. The summed E-state index contributed by atoms with van der Waals surface area (Å²) in [5.41, 5.74) is 2.69. The Morgan fingerprint density at radius 2 is 1.51 bits per heavy atom. The van der Waals surface area contributed by atoms with Crippen molar-refractivity contribution in [3.8, 4) is 16.9 Å². The largest absolute Gasteiger partial charge is 0.374 e. The lowest BCUT2D eigenvalue weighted by molar-refractivity contribution is -0.133. The number of carbonyl (C=O) groups excluding carboxylic acids is 3. The number of imide groups is 1. The van der Waals surface area contributed by atoms with E-state index in [2.05, 4.69) is 43.2 Å². The molecule has 4 N–H and O–H groups in total. The van der Waals surface area contributed by atoms with Crippen molar-refractivity contribution in [1.82, 2.24) is 30.1 Å². The zero-order valence-corrected chi connectivity index (χ0v) is 33.8. The molecule has 0 radical (unpaired) electrons. The number of hydrogen-bond acceptors (Lipinski definition) is 9. The number of carbonyl (C=O) groups is 3. The van der Waals surface area contributed by atoms with Crippen LogP contribution in [0.4, 0.5) is 20.4 Å². The summed E-state index contributed by atoms with van der Waals surface area (Å²) in [5.74, 6) is -0.604. The number of amides is 3. The molecule has 1 atom stereocenters. The standard InChI is InChI=1S/C21H21FN4O.C17H22FN3O2.C7H13NO/c22-18-14-23-21(24-16-8-2-1-3-9-16)25-20(18)15-7-6-10-17(13-15)26-12-5-4-11-19(26)27;1-21-8-6-11(7-9-21)13-3-2-12(10-14(13)18)19-15-4-5-16(22)20-17(15)23;9-6-8-7-4-2-1-3-5-7/h4-7,10-14,16H,1-3,8-9H2,(H,23,24,25);2-3,10-11,15,19H,4-9H2,1H3,(H,20,22,23);6-7H,1-5H2,(H,8,9). The monoisotopic (exact) mass is 810 g/mol. The van der Waals surface area contributed by atoms with Crippen molar-refractivity contribution in [3.05, 3.63) is 101 Å². The van der Waals surface area contributed by atoms with Gasteiger partial charge in [-0.1, -0.05) is 62.8 Å². The predicted octanol–water partition coefficient (Wildman–Crippen LogP) is 7.10. The van der Waals surface area contributed by atoms with E-state index in [4.69, 9.17) is 0 Å². The number of halogens is 2. The molecule has 2 saturated carbocycles. The number of piperidine rings is 2. The third-order valence-electron chi connectivity index (χ3n) is 11.6. The highest BCUT2D eigenvalue weighted by Crippen LogP contribution is 2.31. The van der Waals surface area contributed by atoms with Crippen LogP contribution in [0.1, 0.15) is 101 Å². The fraction of sp³-hybridized carbons (Fsp3) is 0.467. The Bertz CT molecular complexity index is 2080. The van der Waals surface area contributed by atoms with E-state index >= 15 is 0 Å². The van der Waals surface area contributed by atoms with E-state index in [1.54, 1.807) is 36.5 Å². The molecule has 0 spiro atoms. The summed E-state index contributed by atoms with van der Waals surface area (Å²) in [7, 11) is 2.08. The molecule has 2 saturated heterocycles. The van der Waals surface area contributed by atoms with Crippen molar-refractivity contribution in [2.24, 2.45) is 0 Å². The molecule has 0 bridgehead atoms. The second-order valence-electron chi connectivity index (χ2n) is 15.9. The lowest BCUT2D eigenvalue weighted by Crippen LogP contribution is -2.47. The average Bonchev–Trinajstić information content (AvgIpc) is 3.25. The summed E-state index contributed by atoms with van der Waals surface area (Å²) in [4.78, 5) is 55.7. The van der Waals surface area contributed by atoms with E-state index in [1.807, 2.05) is 18.2 Å². The van der Waals surface area contributed by atoms with Crippen LogP contribution in [0.3, 0.4) is 0 Å². The molecule has 4 fully saturated rings. The molecular formula is C45H56F2N8O4. The van der Waals surface area contributed by atoms with Crippen molar-refractivity contribution in [2.75, 3.05) is 30.8 Å². The summed E-state index contributed by atoms with van der Waals surface area (Å²) in [6, 6.07) is 17.5. The number of rotatable bonds is 9. The fourth-order valence-electron chi connectivity index (χ4n) is 8.18. The number of likely N-dealkylation sites (tertiary alicyclic amines) is 1. The summed E-state index contributed by atoms with van der Waals surface area (Å²) < 4.78 is 30.4. The third kappa shape index (κ3) is 12.5. The van der Waals surface area contributed by atoms with E-state index in [0.29, 0.717) is 47.8 Å². The number of aromatic nitrogens is 3. The molecule has 2 aromatic heterocycles. The van der Waals surface area contributed by atoms with Gasteiger partial charge in [-0.25, -0.2) is 18.7 Å². The van der Waals surface area contributed by atoms with Gasteiger partial charge in [0.15, 0.2) is 5.82 Å². The molecule has 314 valence electrons. The number of nitrogens with one attached hydrogen (secondary N) is 4. The molecule has 59 heavy (non-hydrogen) atoms. The van der Waals surface area contributed by atoms with Gasteiger partial charge in [0.05, 0.1) is 6.20 Å². The molecule has 14 heteroatoms. The van der Waals surface area contributed by atoms with E-state index in [9.17, 15) is 28.0 Å². The van der Waals surface area contributed by atoms with Gasteiger partial charge < -0.3 is 20.9 Å². The van der Waals surface area contributed by atoms with Crippen LogP contribution in [0.2, 0.25) is 0 Å². The molecular weight excluding hydrogens is 755 g/mol. The van der Waals surface area contributed by atoms with Crippen LogP contribution in [0.15, 0.2) is 77.9 Å². The van der Waals surface area contributed by atoms with E-state index in [1.165, 1.54) is 74.3 Å².